The second kappa shape index (κ2) is 3.87. The maximum Gasteiger partial charge on any atom is 0.230 e. The normalized spacial score (nSPS) is 11.8. The molecule has 3 nitrogen and oxygen atoms in total. The van der Waals surface area contributed by atoms with E-state index in [2.05, 4.69) is 5.16 Å². The van der Waals surface area contributed by atoms with Crippen LogP contribution in [0.4, 0.5) is 10.3 Å². The molecule has 0 radical (unpaired) electrons. The molecule has 1 aromatic carbocycles. The lowest BCUT2D eigenvalue weighted by Crippen LogP contribution is -2.13. The Morgan fingerprint density at radius 1 is 1.29 bits per heavy atom. The molecule has 0 aliphatic carbocycles. The fraction of sp³-hybridized carbons (Fsp3) is 0.308. The van der Waals surface area contributed by atoms with Crippen LogP contribution in [-0.2, 0) is 5.41 Å². The Bertz CT molecular complexity index is 541. The van der Waals surface area contributed by atoms with Gasteiger partial charge >= 0.3 is 0 Å². The number of nitrogens with two attached hydrogens (primary N) is 1. The predicted molar refractivity (Wildman–Crippen MR) is 65.0 cm³/mol. The van der Waals surface area contributed by atoms with E-state index in [1.807, 2.05) is 20.8 Å². The average molecular weight is 234 g/mol. The van der Waals surface area contributed by atoms with Gasteiger partial charge in [0.15, 0.2) is 0 Å². The van der Waals surface area contributed by atoms with Gasteiger partial charge in [-0.15, -0.1) is 0 Å². The number of hydrogen-bond donors (Lipinski definition) is 1. The second-order valence-electron chi connectivity index (χ2n) is 5.03. The molecule has 0 saturated carbocycles. The first-order valence-corrected chi connectivity index (χ1v) is 5.41. The molecule has 0 fully saturated rings. The summed E-state index contributed by atoms with van der Waals surface area (Å²) in [4.78, 5) is 0. The van der Waals surface area contributed by atoms with Crippen LogP contribution >= 0.6 is 0 Å². The molecule has 0 aliphatic rings. The lowest BCUT2D eigenvalue weighted by atomic mass is 9.87. The molecule has 0 bridgehead atoms. The monoisotopic (exact) mass is 234 g/mol. The number of anilines is 1. The first-order chi connectivity index (χ1) is 7.89. The van der Waals surface area contributed by atoms with Crippen molar-refractivity contribution in [3.05, 3.63) is 35.8 Å². The number of nitrogen functional groups attached to an aromatic ring is 1. The minimum atomic E-state index is -0.303. The smallest absolute Gasteiger partial charge is 0.230 e. The first-order valence-electron chi connectivity index (χ1n) is 5.41. The summed E-state index contributed by atoms with van der Waals surface area (Å²) in [6, 6.07) is 6.26. The van der Waals surface area contributed by atoms with Gasteiger partial charge in [0.05, 0.1) is 11.3 Å². The highest BCUT2D eigenvalue weighted by atomic mass is 19.1. The molecule has 0 unspecified atom stereocenters. The molecule has 0 saturated heterocycles. The number of benzene rings is 1. The molecule has 4 heteroatoms. The highest BCUT2D eigenvalue weighted by molar-refractivity contribution is 5.75. The highest BCUT2D eigenvalue weighted by Crippen LogP contribution is 2.36. The summed E-state index contributed by atoms with van der Waals surface area (Å²) in [6.07, 6.45) is 0. The quantitative estimate of drug-likeness (QED) is 0.823. The van der Waals surface area contributed by atoms with Gasteiger partial charge in [-0.25, -0.2) is 4.39 Å². The Labute approximate surface area is 99.4 Å². The van der Waals surface area contributed by atoms with E-state index in [0.717, 1.165) is 5.69 Å². The van der Waals surface area contributed by atoms with E-state index < -0.39 is 0 Å². The molecule has 90 valence electrons. The number of rotatable bonds is 1. The van der Waals surface area contributed by atoms with Crippen molar-refractivity contribution >= 4 is 5.88 Å². The lowest BCUT2D eigenvalue weighted by molar-refractivity contribution is 0.405. The predicted octanol–water partition coefficient (Wildman–Crippen LogP) is 3.36. The molecular formula is C13H15FN2O. The molecule has 1 heterocycles. The summed E-state index contributed by atoms with van der Waals surface area (Å²) >= 11 is 0. The van der Waals surface area contributed by atoms with Crippen molar-refractivity contribution in [1.29, 1.82) is 0 Å². The van der Waals surface area contributed by atoms with E-state index in [1.54, 1.807) is 12.1 Å². The summed E-state index contributed by atoms with van der Waals surface area (Å²) < 4.78 is 18.2. The van der Waals surface area contributed by atoms with E-state index >= 15 is 0 Å². The fourth-order valence-electron chi connectivity index (χ4n) is 1.74. The number of hydrogen-bond acceptors (Lipinski definition) is 3. The summed E-state index contributed by atoms with van der Waals surface area (Å²) in [7, 11) is 0. The zero-order valence-corrected chi connectivity index (χ0v) is 10.1. The van der Waals surface area contributed by atoms with E-state index in [0.29, 0.717) is 11.1 Å². The molecule has 0 aliphatic heterocycles. The highest BCUT2D eigenvalue weighted by Gasteiger charge is 2.26. The van der Waals surface area contributed by atoms with Crippen LogP contribution in [0.15, 0.2) is 28.8 Å². The van der Waals surface area contributed by atoms with Crippen LogP contribution in [0.3, 0.4) is 0 Å². The Hall–Kier alpha value is -1.84. The lowest BCUT2D eigenvalue weighted by Gasteiger charge is -2.16. The van der Waals surface area contributed by atoms with Crippen LogP contribution in [-0.4, -0.2) is 5.16 Å². The van der Waals surface area contributed by atoms with E-state index in [4.69, 9.17) is 10.3 Å². The Kier molecular flexibility index (Phi) is 2.65. The van der Waals surface area contributed by atoms with Crippen molar-refractivity contribution < 1.29 is 8.91 Å². The van der Waals surface area contributed by atoms with Crippen LogP contribution in [0.5, 0.6) is 0 Å². The maximum atomic E-state index is 13.2. The summed E-state index contributed by atoms with van der Waals surface area (Å²) in [5.41, 5.74) is 7.67. The number of halogens is 1. The van der Waals surface area contributed by atoms with Gasteiger partial charge < -0.3 is 10.3 Å². The fourth-order valence-corrected chi connectivity index (χ4v) is 1.74. The van der Waals surface area contributed by atoms with Crippen LogP contribution < -0.4 is 5.73 Å². The third kappa shape index (κ3) is 2.16. The molecule has 0 atom stereocenters. The van der Waals surface area contributed by atoms with Crippen molar-refractivity contribution in [2.24, 2.45) is 0 Å². The molecule has 2 rings (SSSR count). The van der Waals surface area contributed by atoms with Crippen molar-refractivity contribution in [3.63, 3.8) is 0 Å². The molecule has 17 heavy (non-hydrogen) atoms. The average Bonchev–Trinajstić information content (AvgIpc) is 2.59. The largest absolute Gasteiger partial charge is 0.367 e. The minimum absolute atomic E-state index is 0.206. The minimum Gasteiger partial charge on any atom is -0.367 e. The summed E-state index contributed by atoms with van der Waals surface area (Å²) in [5.74, 6) is -0.0801. The van der Waals surface area contributed by atoms with E-state index in [9.17, 15) is 4.39 Å². The molecule has 2 N–H and O–H groups in total. The van der Waals surface area contributed by atoms with Crippen LogP contribution in [0.1, 0.15) is 26.5 Å². The molecule has 0 amide bonds. The standard InChI is InChI=1S/C13H15FN2O/c1-13(2,3)11-10(12(15)17-16-11)8-5-4-6-9(14)7-8/h4-7H,15H2,1-3H3. The topological polar surface area (TPSA) is 52.0 Å². The van der Waals surface area contributed by atoms with Crippen LogP contribution in [0, 0.1) is 5.82 Å². The van der Waals surface area contributed by atoms with E-state index in [1.165, 1.54) is 12.1 Å². The number of nitrogens with zero attached hydrogens (tertiary/aromatic N) is 1. The zero-order chi connectivity index (χ0) is 12.6. The van der Waals surface area contributed by atoms with Crippen molar-refractivity contribution in [2.75, 3.05) is 5.73 Å². The van der Waals surface area contributed by atoms with Crippen molar-refractivity contribution in [2.45, 2.75) is 26.2 Å². The van der Waals surface area contributed by atoms with Gasteiger partial charge in [0, 0.05) is 5.41 Å². The Morgan fingerprint density at radius 3 is 2.59 bits per heavy atom. The second-order valence-corrected chi connectivity index (χ2v) is 5.03. The van der Waals surface area contributed by atoms with Gasteiger partial charge in [-0.3, -0.25) is 0 Å². The molecular weight excluding hydrogens is 219 g/mol. The Morgan fingerprint density at radius 2 is 2.00 bits per heavy atom. The van der Waals surface area contributed by atoms with E-state index in [-0.39, 0.29) is 17.1 Å². The first kappa shape index (κ1) is 11.6. The summed E-state index contributed by atoms with van der Waals surface area (Å²) in [6.45, 7) is 6.02. The molecule has 0 spiro atoms. The van der Waals surface area contributed by atoms with Gasteiger partial charge in [-0.1, -0.05) is 38.1 Å². The SMILES string of the molecule is CC(C)(C)c1noc(N)c1-c1cccc(F)c1. The maximum absolute atomic E-state index is 13.2. The number of aromatic nitrogens is 1. The van der Waals surface area contributed by atoms with Gasteiger partial charge in [-0.2, -0.15) is 0 Å². The molecule has 1 aromatic heterocycles. The zero-order valence-electron chi connectivity index (χ0n) is 10.1. The van der Waals surface area contributed by atoms with Gasteiger partial charge in [0.2, 0.25) is 5.88 Å². The van der Waals surface area contributed by atoms with Crippen LogP contribution in [0.25, 0.3) is 11.1 Å². The molecule has 2 aromatic rings. The van der Waals surface area contributed by atoms with Crippen molar-refractivity contribution in [1.82, 2.24) is 5.16 Å². The third-order valence-corrected chi connectivity index (χ3v) is 2.54. The third-order valence-electron chi connectivity index (χ3n) is 2.54. The summed E-state index contributed by atoms with van der Waals surface area (Å²) in [5, 5.41) is 3.97. The van der Waals surface area contributed by atoms with Crippen molar-refractivity contribution in [3.8, 4) is 11.1 Å². The van der Waals surface area contributed by atoms with Gasteiger partial charge in [-0.05, 0) is 17.7 Å². The van der Waals surface area contributed by atoms with Crippen LogP contribution in [0.2, 0.25) is 0 Å². The van der Waals surface area contributed by atoms with Gasteiger partial charge in [0.1, 0.15) is 5.82 Å². The van der Waals surface area contributed by atoms with Gasteiger partial charge in [0.25, 0.3) is 0 Å². The Balaban J connectivity index is 2.63.